The predicted octanol–water partition coefficient (Wildman–Crippen LogP) is -0.983. The Morgan fingerprint density at radius 3 is 2.53 bits per heavy atom. The molecule has 0 bridgehead atoms. The van der Waals surface area contributed by atoms with Crippen LogP contribution in [0.4, 0.5) is 9.59 Å². The van der Waals surface area contributed by atoms with E-state index in [1.54, 1.807) is 0 Å². The highest BCUT2D eigenvalue weighted by Gasteiger charge is 2.33. The number of amides is 4. The largest absolute Gasteiger partial charge is 0.466 e. The molecule has 2 N–H and O–H groups in total. The quantitative estimate of drug-likeness (QED) is 0.478. The number of methoxy groups -OCH3 is 1. The highest BCUT2D eigenvalue weighted by molar-refractivity contribution is 5.94. The van der Waals surface area contributed by atoms with Crippen molar-refractivity contribution in [1.82, 2.24) is 26.0 Å². The second kappa shape index (κ2) is 5.27. The molecule has 1 aliphatic rings. The van der Waals surface area contributed by atoms with E-state index < -0.39 is 18.0 Å². The molecule has 0 aliphatic carbocycles. The van der Waals surface area contributed by atoms with Gasteiger partial charge in [0.05, 0.1) is 7.11 Å². The van der Waals surface area contributed by atoms with Gasteiger partial charge in [0, 0.05) is 26.4 Å². The van der Waals surface area contributed by atoms with Crippen molar-refractivity contribution in [2.75, 3.05) is 21.2 Å². The van der Waals surface area contributed by atoms with Gasteiger partial charge in [0.15, 0.2) is 0 Å². The molecule has 1 saturated heterocycles. The van der Waals surface area contributed by atoms with Crippen LogP contribution in [0.2, 0.25) is 0 Å². The molecule has 9 heteroatoms. The van der Waals surface area contributed by atoms with Crippen molar-refractivity contribution in [3.8, 4) is 0 Å². The lowest BCUT2D eigenvalue weighted by Gasteiger charge is -2.16. The molecule has 1 rings (SSSR count). The van der Waals surface area contributed by atoms with Crippen LogP contribution in [0.1, 0.15) is 0 Å². The summed E-state index contributed by atoms with van der Waals surface area (Å²) in [5.41, 5.74) is 4.73. The lowest BCUT2D eigenvalue weighted by Crippen LogP contribution is -2.47. The fraction of sp³-hybridized carbons (Fsp3) is 0.375. The molecular formula is C8H13N5O4. The van der Waals surface area contributed by atoms with E-state index in [0.717, 1.165) is 22.3 Å². The van der Waals surface area contributed by atoms with E-state index in [-0.39, 0.29) is 0 Å². The average Bonchev–Trinajstić information content (AvgIpc) is 2.66. The molecule has 0 radical (unpaired) electrons. The third kappa shape index (κ3) is 2.92. The Labute approximate surface area is 97.5 Å². The summed E-state index contributed by atoms with van der Waals surface area (Å²) in [5, 5.41) is 1.68. The van der Waals surface area contributed by atoms with E-state index >= 15 is 0 Å². The summed E-state index contributed by atoms with van der Waals surface area (Å²) < 4.78 is 4.36. The van der Waals surface area contributed by atoms with E-state index in [4.69, 9.17) is 0 Å². The number of nitrogens with one attached hydrogen (secondary N) is 2. The summed E-state index contributed by atoms with van der Waals surface area (Å²) >= 11 is 0. The third-order valence-electron chi connectivity index (χ3n) is 1.81. The standard InChI is InChI=1S/C8H13N5O4/c1-11(2)7(15)13-8(16)12(9-10-13)5-4-6(14)17-3/h4-5,9-10H,1-3H3/b5-4+. The minimum Gasteiger partial charge on any atom is -0.466 e. The summed E-state index contributed by atoms with van der Waals surface area (Å²) in [5.74, 6) is -0.614. The van der Waals surface area contributed by atoms with Crippen LogP contribution in [0.5, 0.6) is 0 Å². The maximum atomic E-state index is 11.6. The molecule has 0 aromatic carbocycles. The van der Waals surface area contributed by atoms with Gasteiger partial charge in [0.25, 0.3) is 0 Å². The molecule has 0 aromatic rings. The number of carbonyl (C=O) groups is 3. The number of esters is 1. The molecule has 0 spiro atoms. The summed E-state index contributed by atoms with van der Waals surface area (Å²) in [6, 6.07) is -1.21. The zero-order valence-electron chi connectivity index (χ0n) is 9.63. The fourth-order valence-electron chi connectivity index (χ4n) is 0.941. The van der Waals surface area contributed by atoms with Gasteiger partial charge in [-0.25, -0.2) is 19.4 Å². The Hall–Kier alpha value is -2.13. The van der Waals surface area contributed by atoms with Crippen molar-refractivity contribution >= 4 is 18.0 Å². The summed E-state index contributed by atoms with van der Waals surface area (Å²) in [6.07, 6.45) is 2.18. The molecule has 0 saturated carbocycles. The van der Waals surface area contributed by atoms with Gasteiger partial charge in [0.1, 0.15) is 0 Å². The number of carbonyl (C=O) groups excluding carboxylic acids is 3. The monoisotopic (exact) mass is 243 g/mol. The average molecular weight is 243 g/mol. The van der Waals surface area contributed by atoms with E-state index in [0.29, 0.717) is 0 Å². The molecule has 0 unspecified atom stereocenters. The van der Waals surface area contributed by atoms with Gasteiger partial charge in [-0.3, -0.25) is 0 Å². The number of hydrogen-bond acceptors (Lipinski definition) is 6. The first-order valence-corrected chi connectivity index (χ1v) is 4.59. The Kier molecular flexibility index (Phi) is 4.01. The van der Waals surface area contributed by atoms with E-state index in [1.165, 1.54) is 26.1 Å². The number of rotatable bonds is 2. The number of imide groups is 1. The molecule has 94 valence electrons. The molecule has 9 nitrogen and oxygen atoms in total. The Balaban J connectivity index is 2.65. The first-order valence-electron chi connectivity index (χ1n) is 4.59. The van der Waals surface area contributed by atoms with Crippen molar-refractivity contribution in [2.24, 2.45) is 0 Å². The van der Waals surface area contributed by atoms with Crippen LogP contribution in [-0.4, -0.2) is 54.2 Å². The first kappa shape index (κ1) is 12.9. The van der Waals surface area contributed by atoms with Crippen LogP contribution < -0.4 is 11.1 Å². The summed E-state index contributed by atoms with van der Waals surface area (Å²) in [6.45, 7) is 0. The molecule has 0 atom stereocenters. The summed E-state index contributed by atoms with van der Waals surface area (Å²) in [7, 11) is 4.22. The smallest absolute Gasteiger partial charge is 0.363 e. The molecular weight excluding hydrogens is 230 g/mol. The zero-order chi connectivity index (χ0) is 13.0. The molecule has 1 fully saturated rings. The van der Waals surface area contributed by atoms with Crippen LogP contribution in [0, 0.1) is 0 Å². The molecule has 4 amide bonds. The van der Waals surface area contributed by atoms with E-state index in [2.05, 4.69) is 15.8 Å². The van der Waals surface area contributed by atoms with Crippen molar-refractivity contribution < 1.29 is 19.1 Å². The lowest BCUT2D eigenvalue weighted by atomic mass is 10.6. The second-order valence-corrected chi connectivity index (χ2v) is 3.23. The van der Waals surface area contributed by atoms with Crippen LogP contribution >= 0.6 is 0 Å². The maximum Gasteiger partial charge on any atom is 0.363 e. The van der Waals surface area contributed by atoms with Gasteiger partial charge in [-0.2, -0.15) is 5.01 Å². The van der Waals surface area contributed by atoms with Crippen LogP contribution in [0.25, 0.3) is 0 Å². The van der Waals surface area contributed by atoms with E-state index in [9.17, 15) is 14.4 Å². The molecule has 17 heavy (non-hydrogen) atoms. The number of hydrogen-bond donors (Lipinski definition) is 2. The molecule has 1 heterocycles. The third-order valence-corrected chi connectivity index (χ3v) is 1.81. The van der Waals surface area contributed by atoms with Crippen LogP contribution in [0.15, 0.2) is 12.3 Å². The Bertz CT molecular complexity index is 367. The van der Waals surface area contributed by atoms with Gasteiger partial charge in [-0.1, -0.05) is 0 Å². The Morgan fingerprint density at radius 2 is 2.00 bits per heavy atom. The van der Waals surface area contributed by atoms with Crippen LogP contribution in [-0.2, 0) is 9.53 Å². The predicted molar refractivity (Wildman–Crippen MR) is 55.6 cm³/mol. The maximum absolute atomic E-state index is 11.6. The highest BCUT2D eigenvalue weighted by atomic mass is 16.5. The first-order chi connectivity index (χ1) is 7.97. The zero-order valence-corrected chi connectivity index (χ0v) is 9.63. The van der Waals surface area contributed by atoms with Crippen molar-refractivity contribution in [3.05, 3.63) is 12.3 Å². The van der Waals surface area contributed by atoms with Gasteiger partial charge < -0.3 is 9.64 Å². The fourth-order valence-corrected chi connectivity index (χ4v) is 0.941. The van der Waals surface area contributed by atoms with E-state index in [1.807, 2.05) is 0 Å². The summed E-state index contributed by atoms with van der Waals surface area (Å²) in [4.78, 5) is 35.1. The minimum absolute atomic E-state index is 0.545. The molecule has 1 aliphatic heterocycles. The minimum atomic E-state index is -0.663. The number of urea groups is 2. The second-order valence-electron chi connectivity index (χ2n) is 3.23. The topological polar surface area (TPSA) is 94.2 Å². The van der Waals surface area contributed by atoms with Gasteiger partial charge in [-0.15, -0.1) is 11.1 Å². The number of hydrazine groups is 3. The van der Waals surface area contributed by atoms with Gasteiger partial charge >= 0.3 is 18.0 Å². The number of ether oxygens (including phenoxy) is 1. The van der Waals surface area contributed by atoms with Gasteiger partial charge in [-0.05, 0) is 0 Å². The highest BCUT2D eigenvalue weighted by Crippen LogP contribution is 2.03. The number of nitrogens with zero attached hydrogens (tertiary/aromatic N) is 3. The Morgan fingerprint density at radius 1 is 1.35 bits per heavy atom. The SMILES string of the molecule is COC(=O)/C=C/N1NNN(C(=O)N(C)C)C1=O. The molecule has 0 aromatic heterocycles. The van der Waals surface area contributed by atoms with Gasteiger partial charge in [0.2, 0.25) is 0 Å². The van der Waals surface area contributed by atoms with Crippen molar-refractivity contribution in [2.45, 2.75) is 0 Å². The van der Waals surface area contributed by atoms with Crippen LogP contribution in [0.3, 0.4) is 0 Å². The van der Waals surface area contributed by atoms with Crippen molar-refractivity contribution in [3.63, 3.8) is 0 Å². The lowest BCUT2D eigenvalue weighted by molar-refractivity contribution is -0.134. The normalized spacial score (nSPS) is 15.6. The van der Waals surface area contributed by atoms with Crippen molar-refractivity contribution in [1.29, 1.82) is 0 Å².